The van der Waals surface area contributed by atoms with Gasteiger partial charge in [-0.25, -0.2) is 0 Å². The molecule has 0 amide bonds. The van der Waals surface area contributed by atoms with Crippen LogP contribution >= 0.6 is 0 Å². The Kier molecular flexibility index (Phi) is 10.6. The third-order valence-corrected chi connectivity index (χ3v) is 13.2. The van der Waals surface area contributed by atoms with E-state index in [4.69, 9.17) is 18.6 Å². The number of aliphatic carboxylic acids is 1. The molecule has 0 aromatic carbocycles. The van der Waals surface area contributed by atoms with E-state index in [2.05, 4.69) is 47.3 Å². The molecule has 0 saturated heterocycles. The molecule has 0 radical (unpaired) electrons. The van der Waals surface area contributed by atoms with Gasteiger partial charge in [0.25, 0.3) is 0 Å². The molecule has 0 spiro atoms. The van der Waals surface area contributed by atoms with E-state index in [-0.39, 0.29) is 6.10 Å². The molecule has 0 bridgehead atoms. The molecule has 4 saturated carbocycles. The largest absolute Gasteiger partial charge is 0.481 e. The molecule has 4 fully saturated rings. The van der Waals surface area contributed by atoms with Crippen molar-refractivity contribution < 1.29 is 28.5 Å². The topological polar surface area (TPSA) is 74.2 Å². The molecule has 6 nitrogen and oxygen atoms in total. The second-order valence-electron chi connectivity index (χ2n) is 15.4. The maximum atomic E-state index is 11.4. The summed E-state index contributed by atoms with van der Waals surface area (Å²) >= 11 is 0. The number of hydrogen-bond donors (Lipinski definition) is 1. The third-order valence-electron chi connectivity index (χ3n) is 12.2. The fourth-order valence-corrected chi connectivity index (χ4v) is 11.7. The molecule has 1 N–H and O–H groups in total. The minimum Gasteiger partial charge on any atom is -0.481 e. The van der Waals surface area contributed by atoms with Crippen LogP contribution in [0.4, 0.5) is 0 Å². The van der Waals surface area contributed by atoms with Gasteiger partial charge in [-0.2, -0.15) is 0 Å². The van der Waals surface area contributed by atoms with Crippen LogP contribution in [0.5, 0.6) is 0 Å². The fraction of sp³-hybridized carbons (Fsp3) is 0.970. The second-order valence-corrected chi connectivity index (χ2v) is 19.9. The van der Waals surface area contributed by atoms with Crippen LogP contribution in [0.15, 0.2) is 0 Å². The Hall–Kier alpha value is -0.473. The van der Waals surface area contributed by atoms with E-state index in [0.29, 0.717) is 84.8 Å². The van der Waals surface area contributed by atoms with Crippen molar-refractivity contribution in [2.75, 3.05) is 27.1 Å². The first-order valence-corrected chi connectivity index (χ1v) is 19.8. The highest BCUT2D eigenvalue weighted by Crippen LogP contribution is 2.70. The Morgan fingerprint density at radius 3 is 2.35 bits per heavy atom. The lowest BCUT2D eigenvalue weighted by molar-refractivity contribution is -0.209. The van der Waals surface area contributed by atoms with Crippen LogP contribution in [-0.4, -0.2) is 58.7 Å². The Labute approximate surface area is 245 Å². The zero-order valence-electron chi connectivity index (χ0n) is 26.9. The Balaban J connectivity index is 1.59. The molecule has 4 aliphatic carbocycles. The van der Waals surface area contributed by atoms with Gasteiger partial charge in [0, 0.05) is 13.5 Å². The first-order chi connectivity index (χ1) is 18.9. The van der Waals surface area contributed by atoms with Crippen LogP contribution in [-0.2, 0) is 23.4 Å². The SMILES string of the molecule is CC[C@@H]1C2C[C@H](OCOCCOC)CC[C@@]2(C)[C@H]2CCC3(C)[C@@H]([C@H](C)CCC(=O)O)CC[C@H]3C2[C@@H]1O[Si](C)(C)C. The third kappa shape index (κ3) is 6.54. The van der Waals surface area contributed by atoms with Crippen molar-refractivity contribution in [1.82, 2.24) is 0 Å². The number of fused-ring (bicyclic) bond motifs is 5. The molecule has 0 aromatic heterocycles. The monoisotopic (exact) mass is 580 g/mol. The molecule has 0 aliphatic heterocycles. The van der Waals surface area contributed by atoms with Gasteiger partial charge >= 0.3 is 5.97 Å². The van der Waals surface area contributed by atoms with Gasteiger partial charge in [-0.1, -0.05) is 34.1 Å². The van der Waals surface area contributed by atoms with E-state index in [1.807, 2.05) is 0 Å². The van der Waals surface area contributed by atoms with Gasteiger partial charge in [0.2, 0.25) is 0 Å². The molecule has 4 aliphatic rings. The highest BCUT2D eigenvalue weighted by Gasteiger charge is 2.65. The van der Waals surface area contributed by atoms with Gasteiger partial charge in [-0.3, -0.25) is 4.79 Å². The highest BCUT2D eigenvalue weighted by atomic mass is 28.4. The van der Waals surface area contributed by atoms with Gasteiger partial charge in [-0.15, -0.1) is 0 Å². The lowest BCUT2D eigenvalue weighted by atomic mass is 9.41. The summed E-state index contributed by atoms with van der Waals surface area (Å²) in [5.74, 6) is 3.61. The average Bonchev–Trinajstić information content (AvgIpc) is 3.24. The second kappa shape index (κ2) is 13.0. The summed E-state index contributed by atoms with van der Waals surface area (Å²) in [5.41, 5.74) is 0.622. The van der Waals surface area contributed by atoms with Crippen LogP contribution in [0.25, 0.3) is 0 Å². The smallest absolute Gasteiger partial charge is 0.303 e. The fourth-order valence-electron chi connectivity index (χ4n) is 10.5. The zero-order chi connectivity index (χ0) is 29.3. The van der Waals surface area contributed by atoms with E-state index in [1.54, 1.807) is 7.11 Å². The molecule has 4 rings (SSSR count). The predicted octanol–water partition coefficient (Wildman–Crippen LogP) is 7.62. The quantitative estimate of drug-likeness (QED) is 0.137. The Bertz CT molecular complexity index is 845. The van der Waals surface area contributed by atoms with Crippen LogP contribution in [0, 0.1) is 52.3 Å². The highest BCUT2D eigenvalue weighted by molar-refractivity contribution is 6.69. The lowest BCUT2D eigenvalue weighted by Crippen LogP contribution is -2.64. The van der Waals surface area contributed by atoms with Gasteiger partial charge in [-0.05, 0) is 123 Å². The average molecular weight is 581 g/mol. The summed E-state index contributed by atoms with van der Waals surface area (Å²) < 4.78 is 24.4. The Morgan fingerprint density at radius 2 is 1.70 bits per heavy atom. The van der Waals surface area contributed by atoms with Crippen molar-refractivity contribution in [2.24, 2.45) is 52.3 Å². The van der Waals surface area contributed by atoms with Crippen LogP contribution in [0.2, 0.25) is 19.6 Å². The van der Waals surface area contributed by atoms with E-state index in [9.17, 15) is 9.90 Å². The van der Waals surface area contributed by atoms with Crippen molar-refractivity contribution in [1.29, 1.82) is 0 Å². The standard InChI is InChI=1S/C33H60O6Si/c1-9-24-28-20-23(38-21-37-19-18-36-5)14-16-33(28,4)27-15-17-32(3)25(22(2)10-13-29(34)35)11-12-26(32)30(27)31(24)39-40(6,7)8/h22-28,30-31H,9-21H2,1-8H3,(H,34,35)/t22-,23-,24-,25-,26+,27+,28?,30?,31-,32?,33+/m1/s1. The molecule has 7 heteroatoms. The molecule has 0 aromatic rings. The summed E-state index contributed by atoms with van der Waals surface area (Å²) in [6.45, 7) is 18.6. The van der Waals surface area contributed by atoms with E-state index >= 15 is 0 Å². The summed E-state index contributed by atoms with van der Waals surface area (Å²) in [6.07, 6.45) is 11.4. The molecular weight excluding hydrogens is 520 g/mol. The number of carboxylic acid groups (broad SMARTS) is 1. The molecular formula is C33H60O6Si. The van der Waals surface area contributed by atoms with Crippen molar-refractivity contribution >= 4 is 14.3 Å². The molecule has 11 atom stereocenters. The maximum absolute atomic E-state index is 11.4. The first-order valence-electron chi connectivity index (χ1n) is 16.4. The minimum atomic E-state index is -1.77. The van der Waals surface area contributed by atoms with Gasteiger partial charge < -0.3 is 23.7 Å². The van der Waals surface area contributed by atoms with E-state index in [0.717, 1.165) is 25.7 Å². The number of hydrogen-bond acceptors (Lipinski definition) is 5. The van der Waals surface area contributed by atoms with E-state index in [1.165, 1.54) is 32.1 Å². The number of ether oxygens (including phenoxy) is 3. The summed E-state index contributed by atoms with van der Waals surface area (Å²) in [4.78, 5) is 11.4. The summed E-state index contributed by atoms with van der Waals surface area (Å²) in [6, 6.07) is 0. The Morgan fingerprint density at radius 1 is 1.00 bits per heavy atom. The van der Waals surface area contributed by atoms with Gasteiger partial charge in [0.15, 0.2) is 8.32 Å². The van der Waals surface area contributed by atoms with Crippen LogP contribution < -0.4 is 0 Å². The van der Waals surface area contributed by atoms with Crippen molar-refractivity contribution in [3.05, 3.63) is 0 Å². The molecule has 0 heterocycles. The lowest BCUT2D eigenvalue weighted by Gasteiger charge is -2.66. The van der Waals surface area contributed by atoms with Crippen LogP contribution in [0.1, 0.15) is 91.9 Å². The molecule has 232 valence electrons. The van der Waals surface area contributed by atoms with Gasteiger partial charge in [0.1, 0.15) is 6.79 Å². The minimum absolute atomic E-state index is 0.263. The molecule has 3 unspecified atom stereocenters. The van der Waals surface area contributed by atoms with Crippen molar-refractivity contribution in [2.45, 2.75) is 124 Å². The first kappa shape index (κ1) is 32.4. The number of rotatable bonds is 13. The maximum Gasteiger partial charge on any atom is 0.303 e. The van der Waals surface area contributed by atoms with Crippen molar-refractivity contribution in [3.8, 4) is 0 Å². The van der Waals surface area contributed by atoms with Crippen molar-refractivity contribution in [3.63, 3.8) is 0 Å². The normalized spacial score (nSPS) is 42.1. The molecule has 40 heavy (non-hydrogen) atoms. The summed E-state index contributed by atoms with van der Waals surface area (Å²) in [7, 11) is -0.0711. The number of carboxylic acids is 1. The number of carbonyl (C=O) groups is 1. The summed E-state index contributed by atoms with van der Waals surface area (Å²) in [5, 5.41) is 9.36. The van der Waals surface area contributed by atoms with Crippen LogP contribution in [0.3, 0.4) is 0 Å². The zero-order valence-corrected chi connectivity index (χ0v) is 27.9. The number of methoxy groups -OCH3 is 1. The van der Waals surface area contributed by atoms with Gasteiger partial charge in [0.05, 0.1) is 25.4 Å². The van der Waals surface area contributed by atoms with E-state index < -0.39 is 14.3 Å². The predicted molar refractivity (Wildman–Crippen MR) is 162 cm³/mol.